The number of hydrogen-bond acceptors (Lipinski definition) is 5. The molecule has 27 heavy (non-hydrogen) atoms. The maximum Gasteiger partial charge on any atom is 0.191 e. The number of halogens is 1. The minimum Gasteiger partial charge on any atom is -0.486 e. The van der Waals surface area contributed by atoms with Gasteiger partial charge in [0.25, 0.3) is 0 Å². The zero-order valence-electron chi connectivity index (χ0n) is 15.7. The van der Waals surface area contributed by atoms with Gasteiger partial charge in [0, 0.05) is 33.1 Å². The Hall–Kier alpha value is -2.48. The van der Waals surface area contributed by atoms with Crippen molar-refractivity contribution in [2.75, 3.05) is 33.4 Å². The number of nitrogens with one attached hydrogen (secondary N) is 2. The molecule has 0 aliphatic carbocycles. The highest BCUT2D eigenvalue weighted by Crippen LogP contribution is 2.38. The Kier molecular flexibility index (Phi) is 6.75. The van der Waals surface area contributed by atoms with E-state index in [9.17, 15) is 0 Å². The highest BCUT2D eigenvalue weighted by atomic mass is 35.5. The summed E-state index contributed by atoms with van der Waals surface area (Å²) in [6, 6.07) is 3.90. The van der Waals surface area contributed by atoms with Crippen LogP contribution in [-0.2, 0) is 19.4 Å². The van der Waals surface area contributed by atoms with E-state index in [1.54, 1.807) is 13.4 Å². The van der Waals surface area contributed by atoms with Gasteiger partial charge in [-0.2, -0.15) is 0 Å². The third-order valence-corrected chi connectivity index (χ3v) is 4.52. The van der Waals surface area contributed by atoms with Gasteiger partial charge in [-0.1, -0.05) is 18.5 Å². The van der Waals surface area contributed by atoms with Gasteiger partial charge >= 0.3 is 0 Å². The van der Waals surface area contributed by atoms with E-state index >= 15 is 0 Å². The molecule has 3 rings (SSSR count). The second-order valence-corrected chi connectivity index (χ2v) is 6.48. The molecule has 1 aliphatic rings. The highest BCUT2D eigenvalue weighted by molar-refractivity contribution is 6.32. The van der Waals surface area contributed by atoms with Crippen molar-refractivity contribution in [3.8, 4) is 11.5 Å². The van der Waals surface area contributed by atoms with Crippen LogP contribution in [0.15, 0.2) is 23.5 Å². The number of benzene rings is 1. The highest BCUT2D eigenvalue weighted by Gasteiger charge is 2.16. The van der Waals surface area contributed by atoms with E-state index in [-0.39, 0.29) is 0 Å². The number of aromatic nitrogens is 3. The van der Waals surface area contributed by atoms with Crippen LogP contribution in [0.4, 0.5) is 0 Å². The van der Waals surface area contributed by atoms with E-state index in [4.69, 9.17) is 21.1 Å². The van der Waals surface area contributed by atoms with Crippen LogP contribution in [0.5, 0.6) is 11.5 Å². The number of rotatable bonds is 7. The Morgan fingerprint density at radius 1 is 1.26 bits per heavy atom. The van der Waals surface area contributed by atoms with Crippen molar-refractivity contribution >= 4 is 17.6 Å². The summed E-state index contributed by atoms with van der Waals surface area (Å²) in [4.78, 5) is 4.25. The number of aliphatic imine (C=N–C) groups is 1. The van der Waals surface area contributed by atoms with Crippen LogP contribution in [0.1, 0.15) is 18.3 Å². The topological polar surface area (TPSA) is 85.6 Å². The van der Waals surface area contributed by atoms with Gasteiger partial charge in [0.15, 0.2) is 17.5 Å². The second-order valence-electron chi connectivity index (χ2n) is 6.07. The largest absolute Gasteiger partial charge is 0.486 e. The number of aryl methyl sites for hydroxylation is 1. The summed E-state index contributed by atoms with van der Waals surface area (Å²) in [6.45, 7) is 5.40. The van der Waals surface area contributed by atoms with Crippen LogP contribution < -0.4 is 20.1 Å². The summed E-state index contributed by atoms with van der Waals surface area (Å²) in [6.07, 6.45) is 3.41. The quantitative estimate of drug-likeness (QED) is 0.550. The molecule has 0 radical (unpaired) electrons. The van der Waals surface area contributed by atoms with Gasteiger partial charge in [-0.25, -0.2) is 0 Å². The lowest BCUT2D eigenvalue weighted by atomic mass is 10.1. The first kappa shape index (κ1) is 19.3. The lowest BCUT2D eigenvalue weighted by molar-refractivity contribution is 0.171. The van der Waals surface area contributed by atoms with Crippen molar-refractivity contribution in [3.05, 3.63) is 34.9 Å². The number of hydrogen-bond donors (Lipinski definition) is 2. The van der Waals surface area contributed by atoms with Crippen molar-refractivity contribution in [2.24, 2.45) is 4.99 Å². The van der Waals surface area contributed by atoms with E-state index < -0.39 is 0 Å². The molecular formula is C18H25ClN6O2. The van der Waals surface area contributed by atoms with Crippen molar-refractivity contribution in [1.82, 2.24) is 25.4 Å². The smallest absolute Gasteiger partial charge is 0.191 e. The van der Waals surface area contributed by atoms with E-state index in [0.29, 0.717) is 29.7 Å². The van der Waals surface area contributed by atoms with Crippen molar-refractivity contribution in [1.29, 1.82) is 0 Å². The van der Waals surface area contributed by atoms with Gasteiger partial charge in [-0.15, -0.1) is 10.2 Å². The first-order valence-electron chi connectivity index (χ1n) is 9.10. The third-order valence-electron chi connectivity index (χ3n) is 4.24. The Balaban J connectivity index is 1.45. The maximum absolute atomic E-state index is 6.28. The zero-order valence-corrected chi connectivity index (χ0v) is 16.4. The monoisotopic (exact) mass is 392 g/mol. The van der Waals surface area contributed by atoms with Gasteiger partial charge in [-0.3, -0.25) is 4.99 Å². The second kappa shape index (κ2) is 9.45. The summed E-state index contributed by atoms with van der Waals surface area (Å²) in [7, 11) is 1.76. The summed E-state index contributed by atoms with van der Waals surface area (Å²) < 4.78 is 13.2. The van der Waals surface area contributed by atoms with Crippen LogP contribution in [0.3, 0.4) is 0 Å². The van der Waals surface area contributed by atoms with E-state index in [0.717, 1.165) is 49.8 Å². The number of fused-ring (bicyclic) bond motifs is 1. The molecule has 0 amide bonds. The lowest BCUT2D eigenvalue weighted by Crippen LogP contribution is -2.39. The molecule has 1 aliphatic heterocycles. The Morgan fingerprint density at radius 3 is 2.89 bits per heavy atom. The molecule has 8 nitrogen and oxygen atoms in total. The molecule has 2 aromatic rings. The fraction of sp³-hybridized carbons (Fsp3) is 0.500. The van der Waals surface area contributed by atoms with Crippen molar-refractivity contribution < 1.29 is 9.47 Å². The fourth-order valence-corrected chi connectivity index (χ4v) is 3.18. The summed E-state index contributed by atoms with van der Waals surface area (Å²) in [5.74, 6) is 3.09. The van der Waals surface area contributed by atoms with Gasteiger partial charge in [-0.05, 0) is 24.1 Å². The van der Waals surface area contributed by atoms with E-state index in [2.05, 4.69) is 32.7 Å². The van der Waals surface area contributed by atoms with Crippen molar-refractivity contribution in [3.63, 3.8) is 0 Å². The molecule has 9 heteroatoms. The molecule has 0 unspecified atom stereocenters. The van der Waals surface area contributed by atoms with Gasteiger partial charge in [0.05, 0.1) is 5.02 Å². The molecule has 1 aromatic heterocycles. The molecule has 0 spiro atoms. The summed E-state index contributed by atoms with van der Waals surface area (Å²) >= 11 is 6.28. The fourth-order valence-electron chi connectivity index (χ4n) is 2.89. The maximum atomic E-state index is 6.28. The lowest BCUT2D eigenvalue weighted by Gasteiger charge is -2.20. The Bertz CT molecular complexity index is 792. The molecule has 0 saturated heterocycles. The molecule has 2 heterocycles. The molecule has 0 saturated carbocycles. The van der Waals surface area contributed by atoms with Crippen LogP contribution in [0.2, 0.25) is 5.02 Å². The molecule has 0 fully saturated rings. The summed E-state index contributed by atoms with van der Waals surface area (Å²) in [5.41, 5.74) is 1.09. The molecule has 0 atom stereocenters. The minimum atomic E-state index is 0.532. The molecular weight excluding hydrogens is 368 g/mol. The average Bonchev–Trinajstić information content (AvgIpc) is 3.14. The molecule has 146 valence electrons. The average molecular weight is 393 g/mol. The third kappa shape index (κ3) is 5.03. The van der Waals surface area contributed by atoms with Crippen LogP contribution in [0.25, 0.3) is 0 Å². The first-order chi connectivity index (χ1) is 13.2. The van der Waals surface area contributed by atoms with Gasteiger partial charge < -0.3 is 24.7 Å². The Labute approximate surface area is 163 Å². The van der Waals surface area contributed by atoms with Gasteiger partial charge in [0.1, 0.15) is 25.4 Å². The molecule has 0 bridgehead atoms. The normalized spacial score (nSPS) is 13.5. The molecule has 2 N–H and O–H groups in total. The van der Waals surface area contributed by atoms with Crippen LogP contribution in [0, 0.1) is 0 Å². The predicted molar refractivity (Wildman–Crippen MR) is 105 cm³/mol. The van der Waals surface area contributed by atoms with E-state index in [1.165, 1.54) is 0 Å². The zero-order chi connectivity index (χ0) is 19.1. The first-order valence-corrected chi connectivity index (χ1v) is 9.48. The SMILES string of the molecule is CCc1nncn1CCNC(=NC)NCCc1cc(Cl)c2c(c1)OCCO2. The van der Waals surface area contributed by atoms with Crippen molar-refractivity contribution in [2.45, 2.75) is 26.3 Å². The predicted octanol–water partition coefficient (Wildman–Crippen LogP) is 1.67. The summed E-state index contributed by atoms with van der Waals surface area (Å²) in [5, 5.41) is 15.2. The van der Waals surface area contributed by atoms with Gasteiger partial charge in [0.2, 0.25) is 0 Å². The minimum absolute atomic E-state index is 0.532. The molecule has 1 aromatic carbocycles. The van der Waals surface area contributed by atoms with E-state index in [1.807, 2.05) is 16.7 Å². The van der Waals surface area contributed by atoms with Crippen LogP contribution in [-0.4, -0.2) is 54.1 Å². The Morgan fingerprint density at radius 2 is 2.07 bits per heavy atom. The number of guanidine groups is 1. The number of nitrogens with zero attached hydrogens (tertiary/aromatic N) is 4. The standard InChI is InChI=1S/C18H25ClN6O2/c1-3-16-24-23-12-25(16)7-6-22-18(20-2)21-5-4-13-10-14(19)17-15(11-13)26-8-9-27-17/h10-12H,3-9H2,1-2H3,(H2,20,21,22). The van der Waals surface area contributed by atoms with Crippen LogP contribution >= 0.6 is 11.6 Å². The number of ether oxygens (including phenoxy) is 2.